The Kier molecular flexibility index (Phi) is 2.41. The van der Waals surface area contributed by atoms with Crippen LogP contribution < -0.4 is 4.74 Å². The van der Waals surface area contributed by atoms with Gasteiger partial charge in [0.25, 0.3) is 0 Å². The summed E-state index contributed by atoms with van der Waals surface area (Å²) in [5.74, 6) is 0.107. The van der Waals surface area contributed by atoms with Gasteiger partial charge < -0.3 is 4.74 Å². The van der Waals surface area contributed by atoms with Crippen molar-refractivity contribution in [2.75, 3.05) is 6.61 Å². The fourth-order valence-electron chi connectivity index (χ4n) is 0.806. The lowest BCUT2D eigenvalue weighted by Gasteiger charge is -2.05. The molecule has 1 aromatic rings. The summed E-state index contributed by atoms with van der Waals surface area (Å²) in [6.45, 7) is 4.05. The first-order chi connectivity index (χ1) is 5.25. The monoisotopic (exact) mass is 155 g/mol. The molecule has 0 aliphatic rings. The number of pyridine rings is 1. The lowest BCUT2D eigenvalue weighted by molar-refractivity contribution is 0.334. The maximum Gasteiger partial charge on any atom is 0.219 e. The largest absolute Gasteiger partial charge is 0.493 e. The molecule has 0 amide bonds. The van der Waals surface area contributed by atoms with E-state index >= 15 is 0 Å². The van der Waals surface area contributed by atoms with E-state index in [9.17, 15) is 4.39 Å². The van der Waals surface area contributed by atoms with Crippen molar-refractivity contribution in [1.29, 1.82) is 0 Å². The molecule has 0 aromatic carbocycles. The molecule has 60 valence electrons. The van der Waals surface area contributed by atoms with Gasteiger partial charge in [-0.2, -0.15) is 4.39 Å². The number of ether oxygens (including phenoxy) is 1. The third-order valence-electron chi connectivity index (χ3n) is 1.39. The second-order valence-corrected chi connectivity index (χ2v) is 2.16. The molecule has 0 aliphatic carbocycles. The van der Waals surface area contributed by atoms with Crippen LogP contribution in [0.5, 0.6) is 5.75 Å². The van der Waals surface area contributed by atoms with Gasteiger partial charge in [-0.15, -0.1) is 0 Å². The highest BCUT2D eigenvalue weighted by molar-refractivity contribution is 5.29. The zero-order valence-corrected chi connectivity index (χ0v) is 6.60. The van der Waals surface area contributed by atoms with E-state index in [1.165, 1.54) is 6.20 Å². The van der Waals surface area contributed by atoms with Crippen molar-refractivity contribution in [2.45, 2.75) is 13.8 Å². The Morgan fingerprint density at radius 2 is 2.36 bits per heavy atom. The summed E-state index contributed by atoms with van der Waals surface area (Å²) < 4.78 is 17.8. The maximum absolute atomic E-state index is 12.7. The van der Waals surface area contributed by atoms with Gasteiger partial charge in [-0.25, -0.2) is 4.98 Å². The quantitative estimate of drug-likeness (QED) is 0.609. The van der Waals surface area contributed by atoms with Gasteiger partial charge in [0.15, 0.2) is 0 Å². The van der Waals surface area contributed by atoms with Crippen molar-refractivity contribution in [3.8, 4) is 5.75 Å². The number of aromatic nitrogens is 1. The Bertz CT molecular complexity index is 250. The van der Waals surface area contributed by atoms with Crippen molar-refractivity contribution in [3.63, 3.8) is 0 Å². The first-order valence-electron chi connectivity index (χ1n) is 3.49. The fourth-order valence-corrected chi connectivity index (χ4v) is 0.806. The molecule has 1 heterocycles. The minimum absolute atomic E-state index is 0.462. The smallest absolute Gasteiger partial charge is 0.219 e. The standard InChI is InChI=1S/C8H10FNO/c1-3-11-7-4-5-10-8(9)6(7)2/h4-5H,3H2,1-2H3. The Balaban J connectivity index is 2.96. The molecule has 0 N–H and O–H groups in total. The summed E-state index contributed by atoms with van der Waals surface area (Å²) in [6.07, 6.45) is 1.40. The van der Waals surface area contributed by atoms with Gasteiger partial charge in [0.05, 0.1) is 6.61 Å². The van der Waals surface area contributed by atoms with Crippen LogP contribution in [0.15, 0.2) is 12.3 Å². The van der Waals surface area contributed by atoms with E-state index in [0.29, 0.717) is 17.9 Å². The zero-order valence-electron chi connectivity index (χ0n) is 6.60. The molecule has 3 heteroatoms. The summed E-state index contributed by atoms with van der Waals surface area (Å²) in [5, 5.41) is 0. The van der Waals surface area contributed by atoms with Gasteiger partial charge in [-0.05, 0) is 19.9 Å². The van der Waals surface area contributed by atoms with E-state index < -0.39 is 5.95 Å². The number of halogens is 1. The van der Waals surface area contributed by atoms with E-state index in [0.717, 1.165) is 0 Å². The van der Waals surface area contributed by atoms with Crippen LogP contribution in [0.4, 0.5) is 4.39 Å². The van der Waals surface area contributed by atoms with Crippen molar-refractivity contribution in [2.24, 2.45) is 0 Å². The van der Waals surface area contributed by atoms with Crippen LogP contribution in [-0.2, 0) is 0 Å². The average Bonchev–Trinajstić information content (AvgIpc) is 1.99. The molecule has 0 bridgehead atoms. The topological polar surface area (TPSA) is 22.1 Å². The number of rotatable bonds is 2. The summed E-state index contributed by atoms with van der Waals surface area (Å²) in [6, 6.07) is 1.65. The van der Waals surface area contributed by atoms with Crippen molar-refractivity contribution in [1.82, 2.24) is 4.98 Å². The maximum atomic E-state index is 12.7. The number of hydrogen-bond donors (Lipinski definition) is 0. The molecule has 0 unspecified atom stereocenters. The summed E-state index contributed by atoms with van der Waals surface area (Å²) in [4.78, 5) is 3.47. The Morgan fingerprint density at radius 3 is 3.00 bits per heavy atom. The highest BCUT2D eigenvalue weighted by atomic mass is 19.1. The molecule has 0 aliphatic heterocycles. The normalized spacial score (nSPS) is 9.73. The minimum Gasteiger partial charge on any atom is -0.493 e. The molecular formula is C8H10FNO. The fraction of sp³-hybridized carbons (Fsp3) is 0.375. The van der Waals surface area contributed by atoms with Gasteiger partial charge in [-0.1, -0.05) is 0 Å². The van der Waals surface area contributed by atoms with Crippen molar-refractivity contribution >= 4 is 0 Å². The van der Waals surface area contributed by atoms with Gasteiger partial charge in [0.2, 0.25) is 5.95 Å². The molecule has 0 atom stereocenters. The van der Waals surface area contributed by atoms with E-state index in [1.807, 2.05) is 6.92 Å². The second kappa shape index (κ2) is 3.32. The van der Waals surface area contributed by atoms with Crippen LogP contribution in [0.1, 0.15) is 12.5 Å². The number of nitrogens with zero attached hydrogens (tertiary/aromatic N) is 1. The van der Waals surface area contributed by atoms with Crippen molar-refractivity contribution in [3.05, 3.63) is 23.8 Å². The van der Waals surface area contributed by atoms with E-state index in [-0.39, 0.29) is 0 Å². The SMILES string of the molecule is CCOc1ccnc(F)c1C. The predicted octanol–water partition coefficient (Wildman–Crippen LogP) is 1.93. The van der Waals surface area contributed by atoms with Gasteiger partial charge in [-0.3, -0.25) is 0 Å². The highest BCUT2D eigenvalue weighted by Gasteiger charge is 2.03. The first kappa shape index (κ1) is 7.98. The first-order valence-corrected chi connectivity index (χ1v) is 3.49. The Labute approximate surface area is 65.0 Å². The van der Waals surface area contributed by atoms with Crippen molar-refractivity contribution < 1.29 is 9.13 Å². The van der Waals surface area contributed by atoms with Crippen LogP contribution >= 0.6 is 0 Å². The third kappa shape index (κ3) is 1.67. The van der Waals surface area contributed by atoms with Crippen LogP contribution in [0.2, 0.25) is 0 Å². The molecule has 1 aromatic heterocycles. The highest BCUT2D eigenvalue weighted by Crippen LogP contribution is 2.17. The van der Waals surface area contributed by atoms with Gasteiger partial charge in [0, 0.05) is 11.8 Å². The molecule has 2 nitrogen and oxygen atoms in total. The lowest BCUT2D eigenvalue weighted by atomic mass is 10.3. The van der Waals surface area contributed by atoms with Crippen LogP contribution in [0.3, 0.4) is 0 Å². The molecule has 11 heavy (non-hydrogen) atoms. The van der Waals surface area contributed by atoms with E-state index in [1.54, 1.807) is 13.0 Å². The summed E-state index contributed by atoms with van der Waals surface area (Å²) in [7, 11) is 0. The molecule has 0 fully saturated rings. The summed E-state index contributed by atoms with van der Waals surface area (Å²) >= 11 is 0. The molecule has 0 radical (unpaired) electrons. The lowest BCUT2D eigenvalue weighted by Crippen LogP contribution is -1.96. The third-order valence-corrected chi connectivity index (χ3v) is 1.39. The van der Waals surface area contributed by atoms with Crippen LogP contribution in [0, 0.1) is 12.9 Å². The van der Waals surface area contributed by atoms with Crippen LogP contribution in [0.25, 0.3) is 0 Å². The van der Waals surface area contributed by atoms with Crippen LogP contribution in [-0.4, -0.2) is 11.6 Å². The molecular weight excluding hydrogens is 145 g/mol. The molecule has 0 saturated carbocycles. The number of hydrogen-bond acceptors (Lipinski definition) is 2. The predicted molar refractivity (Wildman–Crippen MR) is 40.1 cm³/mol. The van der Waals surface area contributed by atoms with Gasteiger partial charge >= 0.3 is 0 Å². The van der Waals surface area contributed by atoms with Gasteiger partial charge in [0.1, 0.15) is 5.75 Å². The van der Waals surface area contributed by atoms with E-state index in [4.69, 9.17) is 4.74 Å². The average molecular weight is 155 g/mol. The Hall–Kier alpha value is -1.12. The summed E-state index contributed by atoms with van der Waals surface area (Å²) in [5.41, 5.74) is 0.467. The molecule has 0 saturated heterocycles. The zero-order chi connectivity index (χ0) is 8.27. The minimum atomic E-state index is -0.462. The molecule has 1 rings (SSSR count). The molecule has 0 spiro atoms. The Morgan fingerprint density at radius 1 is 1.64 bits per heavy atom. The second-order valence-electron chi connectivity index (χ2n) is 2.16. The van der Waals surface area contributed by atoms with E-state index in [2.05, 4.69) is 4.98 Å².